The smallest absolute Gasteiger partial charge is 0.252 e. The summed E-state index contributed by atoms with van der Waals surface area (Å²) in [7, 11) is 0. The van der Waals surface area contributed by atoms with Gasteiger partial charge in [-0.2, -0.15) is 0 Å². The van der Waals surface area contributed by atoms with Crippen LogP contribution in [0, 0.1) is 6.92 Å². The van der Waals surface area contributed by atoms with Crippen molar-refractivity contribution in [2.24, 2.45) is 0 Å². The number of imide groups is 1. The Morgan fingerprint density at radius 1 is 1.44 bits per heavy atom. The van der Waals surface area contributed by atoms with E-state index < -0.39 is 6.04 Å². The second-order valence-electron chi connectivity index (χ2n) is 4.34. The molecule has 0 radical (unpaired) electrons. The van der Waals surface area contributed by atoms with Crippen molar-refractivity contribution in [2.45, 2.75) is 26.3 Å². The lowest BCUT2D eigenvalue weighted by Gasteiger charge is -2.15. The summed E-state index contributed by atoms with van der Waals surface area (Å²) < 4.78 is 0. The first kappa shape index (κ1) is 12.9. The van der Waals surface area contributed by atoms with Gasteiger partial charge in [-0.05, 0) is 31.5 Å². The van der Waals surface area contributed by atoms with E-state index in [0.717, 1.165) is 11.3 Å². The van der Waals surface area contributed by atoms with Crippen LogP contribution in [-0.4, -0.2) is 29.3 Å². The third-order valence-electron chi connectivity index (χ3n) is 3.09. The number of rotatable bonds is 3. The SMILES string of the molecule is CCN1C(=O)CC(Nc2cc(Cl)ccc2C)C1=O. The van der Waals surface area contributed by atoms with Crippen LogP contribution in [0.1, 0.15) is 18.9 Å². The van der Waals surface area contributed by atoms with Gasteiger partial charge in [0.15, 0.2) is 0 Å². The minimum absolute atomic E-state index is 0.125. The Hall–Kier alpha value is -1.55. The summed E-state index contributed by atoms with van der Waals surface area (Å²) in [5, 5.41) is 3.70. The van der Waals surface area contributed by atoms with Gasteiger partial charge in [-0.15, -0.1) is 0 Å². The summed E-state index contributed by atoms with van der Waals surface area (Å²) in [4.78, 5) is 24.8. The first-order valence-corrected chi connectivity index (χ1v) is 6.27. The van der Waals surface area contributed by atoms with Crippen LogP contribution in [-0.2, 0) is 9.59 Å². The van der Waals surface area contributed by atoms with Crippen molar-refractivity contribution in [3.63, 3.8) is 0 Å². The summed E-state index contributed by atoms with van der Waals surface area (Å²) in [6.45, 7) is 4.14. The number of carbonyl (C=O) groups is 2. The maximum Gasteiger partial charge on any atom is 0.252 e. The maximum atomic E-state index is 12.0. The van der Waals surface area contributed by atoms with Crippen LogP contribution >= 0.6 is 11.6 Å². The fraction of sp³-hybridized carbons (Fsp3) is 0.385. The number of nitrogens with zero attached hydrogens (tertiary/aromatic N) is 1. The molecular weight excluding hydrogens is 252 g/mol. The zero-order valence-electron chi connectivity index (χ0n) is 10.4. The van der Waals surface area contributed by atoms with Crippen molar-refractivity contribution in [1.82, 2.24) is 4.90 Å². The summed E-state index contributed by atoms with van der Waals surface area (Å²) in [6, 6.07) is 4.96. The van der Waals surface area contributed by atoms with Crippen molar-refractivity contribution in [3.8, 4) is 0 Å². The van der Waals surface area contributed by atoms with Crippen molar-refractivity contribution in [2.75, 3.05) is 11.9 Å². The molecule has 1 saturated heterocycles. The average molecular weight is 267 g/mol. The fourth-order valence-electron chi connectivity index (χ4n) is 2.07. The molecule has 0 saturated carbocycles. The van der Waals surface area contributed by atoms with Crippen molar-refractivity contribution in [3.05, 3.63) is 28.8 Å². The van der Waals surface area contributed by atoms with E-state index in [4.69, 9.17) is 11.6 Å². The monoisotopic (exact) mass is 266 g/mol. The van der Waals surface area contributed by atoms with Crippen LogP contribution in [0.25, 0.3) is 0 Å². The molecule has 2 amide bonds. The van der Waals surface area contributed by atoms with Gasteiger partial charge < -0.3 is 5.32 Å². The number of hydrogen-bond donors (Lipinski definition) is 1. The number of nitrogens with one attached hydrogen (secondary N) is 1. The predicted molar refractivity (Wildman–Crippen MR) is 70.6 cm³/mol. The highest BCUT2D eigenvalue weighted by Gasteiger charge is 2.37. The molecule has 1 aliphatic heterocycles. The molecule has 0 aliphatic carbocycles. The normalized spacial score (nSPS) is 19.5. The highest BCUT2D eigenvalue weighted by Crippen LogP contribution is 2.24. The molecule has 4 nitrogen and oxygen atoms in total. The molecule has 1 atom stereocenters. The van der Waals surface area contributed by atoms with Crippen molar-refractivity contribution >= 4 is 29.1 Å². The lowest BCUT2D eigenvalue weighted by Crippen LogP contribution is -2.34. The molecule has 18 heavy (non-hydrogen) atoms. The number of amides is 2. The maximum absolute atomic E-state index is 12.0. The topological polar surface area (TPSA) is 49.4 Å². The highest BCUT2D eigenvalue weighted by atomic mass is 35.5. The van der Waals surface area contributed by atoms with Crippen LogP contribution < -0.4 is 5.32 Å². The molecule has 1 aromatic rings. The molecule has 1 fully saturated rings. The highest BCUT2D eigenvalue weighted by molar-refractivity contribution is 6.30. The quantitative estimate of drug-likeness (QED) is 0.854. The summed E-state index contributed by atoms with van der Waals surface area (Å²) in [5.41, 5.74) is 1.79. The molecule has 1 unspecified atom stereocenters. The van der Waals surface area contributed by atoms with Crippen LogP contribution in [0.4, 0.5) is 5.69 Å². The fourth-order valence-corrected chi connectivity index (χ4v) is 2.24. The van der Waals surface area contributed by atoms with Gasteiger partial charge in [-0.1, -0.05) is 17.7 Å². The van der Waals surface area contributed by atoms with E-state index in [0.29, 0.717) is 11.6 Å². The summed E-state index contributed by atoms with van der Waals surface area (Å²) in [5.74, 6) is -0.290. The first-order chi connectivity index (χ1) is 8.52. The largest absolute Gasteiger partial charge is 0.373 e. The van der Waals surface area contributed by atoms with Crippen LogP contribution in [0.3, 0.4) is 0 Å². The number of benzene rings is 1. The third kappa shape index (κ3) is 2.34. The minimum atomic E-state index is -0.477. The molecule has 1 heterocycles. The molecule has 1 aromatic carbocycles. The number of carbonyl (C=O) groups excluding carboxylic acids is 2. The lowest BCUT2D eigenvalue weighted by molar-refractivity contribution is -0.138. The Labute approximate surface area is 111 Å². The van der Waals surface area contributed by atoms with E-state index in [1.807, 2.05) is 13.0 Å². The second kappa shape index (κ2) is 4.98. The van der Waals surface area contributed by atoms with Crippen LogP contribution in [0.15, 0.2) is 18.2 Å². The van der Waals surface area contributed by atoms with Crippen LogP contribution in [0.5, 0.6) is 0 Å². The molecular formula is C13H15ClN2O2. The summed E-state index contributed by atoms with van der Waals surface area (Å²) >= 11 is 5.92. The lowest BCUT2D eigenvalue weighted by atomic mass is 10.1. The van der Waals surface area contributed by atoms with Crippen molar-refractivity contribution in [1.29, 1.82) is 0 Å². The second-order valence-corrected chi connectivity index (χ2v) is 4.77. The van der Waals surface area contributed by atoms with Crippen LogP contribution in [0.2, 0.25) is 5.02 Å². The molecule has 0 aromatic heterocycles. The number of aryl methyl sites for hydroxylation is 1. The van der Waals surface area contributed by atoms with E-state index in [9.17, 15) is 9.59 Å². The molecule has 1 aliphatic rings. The average Bonchev–Trinajstić information content (AvgIpc) is 2.59. The Kier molecular flexibility index (Phi) is 3.57. The van der Waals surface area contributed by atoms with E-state index in [2.05, 4.69) is 5.32 Å². The molecule has 2 rings (SSSR count). The minimum Gasteiger partial charge on any atom is -0.373 e. The number of halogens is 1. The van der Waals surface area contributed by atoms with Gasteiger partial charge in [0, 0.05) is 17.3 Å². The first-order valence-electron chi connectivity index (χ1n) is 5.89. The molecule has 0 bridgehead atoms. The van der Waals surface area contributed by atoms with Gasteiger partial charge >= 0.3 is 0 Å². The van der Waals surface area contributed by atoms with Gasteiger partial charge in [-0.25, -0.2) is 0 Å². The van der Waals surface area contributed by atoms with Gasteiger partial charge in [-0.3, -0.25) is 14.5 Å². The van der Waals surface area contributed by atoms with Gasteiger partial charge in [0.1, 0.15) is 6.04 Å². The molecule has 1 N–H and O–H groups in total. The van der Waals surface area contributed by atoms with Gasteiger partial charge in [0.25, 0.3) is 5.91 Å². The Bertz CT molecular complexity index is 502. The summed E-state index contributed by atoms with van der Waals surface area (Å²) in [6.07, 6.45) is 0.207. The van der Waals surface area contributed by atoms with Crippen molar-refractivity contribution < 1.29 is 9.59 Å². The number of likely N-dealkylation sites (N-methyl/N-ethyl adjacent to an activating group) is 1. The van der Waals surface area contributed by atoms with Gasteiger partial charge in [0.2, 0.25) is 5.91 Å². The van der Waals surface area contributed by atoms with E-state index in [-0.39, 0.29) is 18.2 Å². The Morgan fingerprint density at radius 3 is 2.78 bits per heavy atom. The standard InChI is InChI=1S/C13H15ClN2O2/c1-3-16-12(17)7-11(13(16)18)15-10-6-9(14)5-4-8(10)2/h4-6,11,15H,3,7H2,1-2H3. The number of hydrogen-bond acceptors (Lipinski definition) is 3. The van der Waals surface area contributed by atoms with E-state index >= 15 is 0 Å². The molecule has 0 spiro atoms. The van der Waals surface area contributed by atoms with Gasteiger partial charge in [0.05, 0.1) is 6.42 Å². The molecule has 96 valence electrons. The Balaban J connectivity index is 2.18. The van der Waals surface area contributed by atoms with E-state index in [1.54, 1.807) is 19.1 Å². The zero-order chi connectivity index (χ0) is 13.3. The predicted octanol–water partition coefficient (Wildman–Crippen LogP) is 2.21. The van der Waals surface area contributed by atoms with E-state index in [1.165, 1.54) is 4.90 Å². The third-order valence-corrected chi connectivity index (χ3v) is 3.32. The number of anilines is 1. The zero-order valence-corrected chi connectivity index (χ0v) is 11.1. The number of likely N-dealkylation sites (tertiary alicyclic amines) is 1. The Morgan fingerprint density at radius 2 is 2.17 bits per heavy atom. The molecule has 5 heteroatoms.